The van der Waals surface area contributed by atoms with Crippen LogP contribution in [-0.4, -0.2) is 45.1 Å². The lowest BCUT2D eigenvalue weighted by molar-refractivity contribution is -0.131. The van der Waals surface area contributed by atoms with Crippen LogP contribution in [0.25, 0.3) is 0 Å². The van der Waals surface area contributed by atoms with Crippen LogP contribution >= 0.6 is 0 Å². The van der Waals surface area contributed by atoms with Gasteiger partial charge >= 0.3 is 0 Å². The first kappa shape index (κ1) is 20.3. The molecule has 136 valence electrons. The number of hydrogen-bond donors (Lipinski definition) is 0. The van der Waals surface area contributed by atoms with Gasteiger partial charge in [-0.1, -0.05) is 13.8 Å². The topological polar surface area (TPSA) is 57.7 Å². The van der Waals surface area contributed by atoms with Gasteiger partial charge in [0.2, 0.25) is 15.9 Å². The van der Waals surface area contributed by atoms with Crippen molar-refractivity contribution in [3.8, 4) is 0 Å². The van der Waals surface area contributed by atoms with Crippen LogP contribution in [0.3, 0.4) is 0 Å². The van der Waals surface area contributed by atoms with Crippen molar-refractivity contribution in [2.45, 2.75) is 33.1 Å². The molecular weight excluding hydrogens is 338 g/mol. The van der Waals surface area contributed by atoms with Gasteiger partial charge in [-0.2, -0.15) is 0 Å². The van der Waals surface area contributed by atoms with E-state index >= 15 is 0 Å². The minimum absolute atomic E-state index is 0.0656. The third-order valence-corrected chi connectivity index (χ3v) is 4.63. The normalized spacial score (nSPS) is 11.4. The molecule has 0 atom stereocenters. The molecule has 0 unspecified atom stereocenters. The fourth-order valence-electron chi connectivity index (χ4n) is 2.40. The second kappa shape index (κ2) is 8.96. The molecule has 0 heterocycles. The zero-order valence-corrected chi connectivity index (χ0v) is 15.1. The summed E-state index contributed by atoms with van der Waals surface area (Å²) in [6, 6.07) is 2.67. The van der Waals surface area contributed by atoms with E-state index in [4.69, 9.17) is 0 Å². The number of benzene rings is 1. The summed E-state index contributed by atoms with van der Waals surface area (Å²) in [6.45, 7) is 4.90. The molecule has 0 fully saturated rings. The van der Waals surface area contributed by atoms with Gasteiger partial charge in [-0.3, -0.25) is 9.10 Å². The van der Waals surface area contributed by atoms with Gasteiger partial charge in [-0.25, -0.2) is 17.2 Å². The number of nitrogens with zero attached hydrogens (tertiary/aromatic N) is 2. The molecule has 1 rings (SSSR count). The van der Waals surface area contributed by atoms with E-state index in [9.17, 15) is 22.0 Å². The maximum atomic E-state index is 13.9. The minimum atomic E-state index is -3.80. The van der Waals surface area contributed by atoms with Crippen LogP contribution < -0.4 is 4.31 Å². The highest BCUT2D eigenvalue weighted by Crippen LogP contribution is 2.23. The number of sulfonamides is 1. The van der Waals surface area contributed by atoms with Crippen LogP contribution in [0.1, 0.15) is 33.1 Å². The first-order valence-electron chi connectivity index (χ1n) is 7.91. The Labute approximate surface area is 142 Å². The van der Waals surface area contributed by atoms with Gasteiger partial charge in [-0.05, 0) is 25.0 Å². The predicted octanol–water partition coefficient (Wildman–Crippen LogP) is 2.77. The monoisotopic (exact) mass is 362 g/mol. The minimum Gasteiger partial charge on any atom is -0.343 e. The number of anilines is 1. The van der Waals surface area contributed by atoms with Crippen molar-refractivity contribution in [1.29, 1.82) is 0 Å². The van der Waals surface area contributed by atoms with Crippen LogP contribution in [-0.2, 0) is 14.8 Å². The van der Waals surface area contributed by atoms with E-state index in [1.54, 1.807) is 4.90 Å². The van der Waals surface area contributed by atoms with Crippen LogP contribution in [0.4, 0.5) is 14.5 Å². The largest absolute Gasteiger partial charge is 0.343 e. The highest BCUT2D eigenvalue weighted by molar-refractivity contribution is 7.92. The third-order valence-electron chi connectivity index (χ3n) is 3.45. The molecule has 0 saturated carbocycles. The van der Waals surface area contributed by atoms with Crippen molar-refractivity contribution >= 4 is 21.6 Å². The Morgan fingerprint density at radius 1 is 1.08 bits per heavy atom. The van der Waals surface area contributed by atoms with Gasteiger partial charge in [0.1, 0.15) is 11.6 Å². The highest BCUT2D eigenvalue weighted by Gasteiger charge is 2.23. The van der Waals surface area contributed by atoms with E-state index in [2.05, 4.69) is 0 Å². The highest BCUT2D eigenvalue weighted by atomic mass is 32.2. The molecule has 0 aliphatic carbocycles. The lowest BCUT2D eigenvalue weighted by Gasteiger charge is -2.25. The van der Waals surface area contributed by atoms with Crippen molar-refractivity contribution in [2.75, 3.05) is 30.2 Å². The first-order chi connectivity index (χ1) is 11.2. The van der Waals surface area contributed by atoms with Crippen molar-refractivity contribution in [3.63, 3.8) is 0 Å². The number of amides is 1. The van der Waals surface area contributed by atoms with Crippen molar-refractivity contribution in [1.82, 2.24) is 4.90 Å². The third kappa shape index (κ3) is 5.74. The summed E-state index contributed by atoms with van der Waals surface area (Å²) in [5.74, 6) is -1.96. The molecule has 24 heavy (non-hydrogen) atoms. The van der Waals surface area contributed by atoms with Gasteiger partial charge in [0.15, 0.2) is 0 Å². The predicted molar refractivity (Wildman–Crippen MR) is 90.3 cm³/mol. The van der Waals surface area contributed by atoms with E-state index < -0.39 is 21.7 Å². The van der Waals surface area contributed by atoms with Gasteiger partial charge in [-0.15, -0.1) is 0 Å². The summed E-state index contributed by atoms with van der Waals surface area (Å²) in [4.78, 5) is 13.9. The van der Waals surface area contributed by atoms with Crippen molar-refractivity contribution in [2.24, 2.45) is 0 Å². The molecule has 0 bridgehead atoms. The van der Waals surface area contributed by atoms with E-state index in [0.717, 1.165) is 35.5 Å². The SMILES string of the molecule is CCCN(CCC)C(=O)CCN(c1ccc(F)cc1F)S(C)(=O)=O. The van der Waals surface area contributed by atoms with E-state index in [1.165, 1.54) is 0 Å². The zero-order valence-electron chi connectivity index (χ0n) is 14.3. The summed E-state index contributed by atoms with van der Waals surface area (Å²) in [6.07, 6.45) is 2.46. The van der Waals surface area contributed by atoms with Gasteiger partial charge < -0.3 is 4.90 Å². The lowest BCUT2D eigenvalue weighted by atomic mass is 10.2. The lowest BCUT2D eigenvalue weighted by Crippen LogP contribution is -2.38. The second-order valence-electron chi connectivity index (χ2n) is 5.56. The number of carbonyl (C=O) groups excluding carboxylic acids is 1. The summed E-state index contributed by atoms with van der Waals surface area (Å²) in [5, 5.41) is 0. The molecule has 8 heteroatoms. The van der Waals surface area contributed by atoms with E-state index in [0.29, 0.717) is 19.2 Å². The number of carbonyl (C=O) groups is 1. The summed E-state index contributed by atoms with van der Waals surface area (Å²) < 4.78 is 51.6. The molecule has 5 nitrogen and oxygen atoms in total. The Morgan fingerprint density at radius 2 is 1.67 bits per heavy atom. The van der Waals surface area contributed by atoms with Crippen molar-refractivity contribution in [3.05, 3.63) is 29.8 Å². The zero-order chi connectivity index (χ0) is 18.3. The van der Waals surface area contributed by atoms with Crippen molar-refractivity contribution < 1.29 is 22.0 Å². The van der Waals surface area contributed by atoms with Crippen LogP contribution in [0, 0.1) is 11.6 Å². The van der Waals surface area contributed by atoms with Crippen LogP contribution in [0.2, 0.25) is 0 Å². The maximum Gasteiger partial charge on any atom is 0.232 e. The molecule has 0 aliphatic rings. The molecule has 1 aromatic carbocycles. The number of rotatable bonds is 9. The fraction of sp³-hybridized carbons (Fsp3) is 0.562. The number of halogens is 2. The average molecular weight is 362 g/mol. The molecule has 1 amide bonds. The molecule has 0 aliphatic heterocycles. The standard InChI is InChI=1S/C16H24F2N2O3S/c1-4-9-19(10-5-2)16(21)8-11-20(24(3,22)23)15-7-6-13(17)12-14(15)18/h6-7,12H,4-5,8-11H2,1-3H3. The first-order valence-corrected chi connectivity index (χ1v) is 9.76. The molecule has 0 spiro atoms. The Bertz CT molecular complexity index is 659. The van der Waals surface area contributed by atoms with E-state index in [-0.39, 0.29) is 24.6 Å². The molecule has 0 aromatic heterocycles. The Balaban J connectivity index is 2.94. The summed E-state index contributed by atoms with van der Waals surface area (Å²) in [5.41, 5.74) is -0.260. The van der Waals surface area contributed by atoms with Crippen LogP contribution in [0.15, 0.2) is 18.2 Å². The maximum absolute atomic E-state index is 13.9. The fourth-order valence-corrected chi connectivity index (χ4v) is 3.33. The van der Waals surface area contributed by atoms with Gasteiger partial charge in [0.25, 0.3) is 0 Å². The molecule has 0 N–H and O–H groups in total. The Morgan fingerprint density at radius 3 is 2.12 bits per heavy atom. The smallest absolute Gasteiger partial charge is 0.232 e. The van der Waals surface area contributed by atoms with Gasteiger partial charge in [0, 0.05) is 32.1 Å². The quantitative estimate of drug-likeness (QED) is 0.679. The Kier molecular flexibility index (Phi) is 7.59. The number of hydrogen-bond acceptors (Lipinski definition) is 3. The summed E-state index contributed by atoms with van der Waals surface area (Å²) >= 11 is 0. The second-order valence-corrected chi connectivity index (χ2v) is 7.47. The van der Waals surface area contributed by atoms with E-state index in [1.807, 2.05) is 13.8 Å². The molecule has 0 radical (unpaired) electrons. The molecule has 1 aromatic rings. The van der Waals surface area contributed by atoms with Gasteiger partial charge in [0.05, 0.1) is 11.9 Å². The molecule has 0 saturated heterocycles. The van der Waals surface area contributed by atoms with Crippen LogP contribution in [0.5, 0.6) is 0 Å². The Hall–Kier alpha value is -1.70. The average Bonchev–Trinajstić information content (AvgIpc) is 2.47. The molecular formula is C16H24F2N2O3S. The summed E-state index contributed by atoms with van der Waals surface area (Å²) in [7, 11) is -3.80.